The van der Waals surface area contributed by atoms with Crippen molar-refractivity contribution in [2.75, 3.05) is 13.2 Å². The molecule has 2 heterocycles. The molecule has 0 spiro atoms. The molecular weight excluding hydrogens is 242 g/mol. The molecule has 1 fully saturated rings. The van der Waals surface area contributed by atoms with Gasteiger partial charge in [0.1, 0.15) is 0 Å². The van der Waals surface area contributed by atoms with Crippen LogP contribution >= 0.6 is 11.3 Å². The molecule has 1 saturated heterocycles. The minimum Gasteiger partial charge on any atom is -0.378 e. The van der Waals surface area contributed by atoms with Crippen LogP contribution in [0.1, 0.15) is 55.0 Å². The molecule has 2 aliphatic rings. The lowest BCUT2D eigenvalue weighted by Gasteiger charge is -2.26. The van der Waals surface area contributed by atoms with Crippen LogP contribution in [0.3, 0.4) is 0 Å². The van der Waals surface area contributed by atoms with Crippen LogP contribution in [-0.4, -0.2) is 19.3 Å². The highest BCUT2D eigenvalue weighted by Gasteiger charge is 2.21. The minimum absolute atomic E-state index is 0.511. The second kappa shape index (κ2) is 6.18. The van der Waals surface area contributed by atoms with E-state index in [1.807, 2.05) is 11.3 Å². The number of hydrogen-bond donors (Lipinski definition) is 1. The summed E-state index contributed by atoms with van der Waals surface area (Å²) in [5.41, 5.74) is 1.57. The molecule has 2 unspecified atom stereocenters. The van der Waals surface area contributed by atoms with E-state index in [-0.39, 0.29) is 0 Å². The van der Waals surface area contributed by atoms with Crippen molar-refractivity contribution in [3.63, 3.8) is 0 Å². The molecule has 0 bridgehead atoms. The topological polar surface area (TPSA) is 21.3 Å². The van der Waals surface area contributed by atoms with Gasteiger partial charge in [-0.25, -0.2) is 0 Å². The Hall–Kier alpha value is -0.380. The van der Waals surface area contributed by atoms with Crippen molar-refractivity contribution >= 4 is 11.3 Å². The summed E-state index contributed by atoms with van der Waals surface area (Å²) in [6.07, 6.45) is 9.48. The fourth-order valence-electron chi connectivity index (χ4n) is 3.15. The Morgan fingerprint density at radius 2 is 2.28 bits per heavy atom. The largest absolute Gasteiger partial charge is 0.378 e. The molecule has 0 radical (unpaired) electrons. The van der Waals surface area contributed by atoms with Crippen molar-refractivity contribution in [1.29, 1.82) is 0 Å². The average Bonchev–Trinajstić information content (AvgIpc) is 2.89. The first-order chi connectivity index (χ1) is 8.93. The molecule has 1 N–H and O–H groups in total. The number of thiophene rings is 1. The molecule has 2 nitrogen and oxygen atoms in total. The summed E-state index contributed by atoms with van der Waals surface area (Å²) in [6.45, 7) is 2.08. The molecule has 0 amide bonds. The van der Waals surface area contributed by atoms with Crippen LogP contribution in [0.25, 0.3) is 0 Å². The Kier molecular flexibility index (Phi) is 4.34. The third-order valence-electron chi connectivity index (χ3n) is 4.18. The standard InChI is InChI=1S/C15H23NOS/c1-2-10-17-12(4-1)7-9-16-14-5-3-6-15-13(14)8-11-18-15/h8,11-12,14,16H,1-7,9-10H2. The zero-order chi connectivity index (χ0) is 12.2. The van der Waals surface area contributed by atoms with Crippen molar-refractivity contribution in [2.45, 2.75) is 57.1 Å². The van der Waals surface area contributed by atoms with Gasteiger partial charge in [0.25, 0.3) is 0 Å². The quantitative estimate of drug-likeness (QED) is 0.897. The van der Waals surface area contributed by atoms with Crippen molar-refractivity contribution < 1.29 is 4.74 Å². The maximum atomic E-state index is 5.78. The van der Waals surface area contributed by atoms with E-state index in [9.17, 15) is 0 Å². The van der Waals surface area contributed by atoms with E-state index in [1.54, 1.807) is 10.4 Å². The van der Waals surface area contributed by atoms with E-state index in [1.165, 1.54) is 44.9 Å². The lowest BCUT2D eigenvalue weighted by atomic mass is 9.94. The molecule has 1 aromatic rings. The Labute approximate surface area is 114 Å². The Morgan fingerprint density at radius 1 is 1.28 bits per heavy atom. The number of aryl methyl sites for hydroxylation is 1. The lowest BCUT2D eigenvalue weighted by Crippen LogP contribution is -2.29. The van der Waals surface area contributed by atoms with Gasteiger partial charge in [-0.15, -0.1) is 11.3 Å². The van der Waals surface area contributed by atoms with Crippen LogP contribution in [0.4, 0.5) is 0 Å². The molecule has 1 aromatic heterocycles. The lowest BCUT2D eigenvalue weighted by molar-refractivity contribution is 0.0111. The second-order valence-electron chi connectivity index (χ2n) is 5.48. The smallest absolute Gasteiger partial charge is 0.0587 e. The third kappa shape index (κ3) is 2.95. The Morgan fingerprint density at radius 3 is 3.17 bits per heavy atom. The first kappa shape index (κ1) is 12.6. The molecule has 1 aliphatic heterocycles. The second-order valence-corrected chi connectivity index (χ2v) is 6.48. The van der Waals surface area contributed by atoms with E-state index in [0.29, 0.717) is 12.1 Å². The van der Waals surface area contributed by atoms with Crippen LogP contribution in [-0.2, 0) is 11.2 Å². The van der Waals surface area contributed by atoms with Gasteiger partial charge in [0.05, 0.1) is 6.10 Å². The molecule has 2 atom stereocenters. The Balaban J connectivity index is 1.46. The summed E-state index contributed by atoms with van der Waals surface area (Å²) in [4.78, 5) is 1.60. The predicted octanol–water partition coefficient (Wildman–Crippen LogP) is 3.67. The number of nitrogens with one attached hydrogen (secondary N) is 1. The molecular formula is C15H23NOS. The van der Waals surface area contributed by atoms with Crippen LogP contribution < -0.4 is 5.32 Å². The van der Waals surface area contributed by atoms with Crippen LogP contribution in [0.2, 0.25) is 0 Å². The Bertz CT molecular complexity index is 370. The zero-order valence-corrected chi connectivity index (χ0v) is 11.8. The zero-order valence-electron chi connectivity index (χ0n) is 11.0. The van der Waals surface area contributed by atoms with Crippen LogP contribution in [0.5, 0.6) is 0 Å². The molecule has 0 aromatic carbocycles. The number of ether oxygens (including phenoxy) is 1. The summed E-state index contributed by atoms with van der Waals surface area (Å²) < 4.78 is 5.78. The van der Waals surface area contributed by atoms with Gasteiger partial charge in [0.15, 0.2) is 0 Å². The van der Waals surface area contributed by atoms with Gasteiger partial charge in [-0.2, -0.15) is 0 Å². The van der Waals surface area contributed by atoms with E-state index >= 15 is 0 Å². The monoisotopic (exact) mass is 265 g/mol. The third-order valence-corrected chi connectivity index (χ3v) is 5.18. The number of fused-ring (bicyclic) bond motifs is 1. The van der Waals surface area contributed by atoms with E-state index in [2.05, 4.69) is 16.8 Å². The van der Waals surface area contributed by atoms with Crippen LogP contribution in [0, 0.1) is 0 Å². The number of hydrogen-bond acceptors (Lipinski definition) is 3. The molecule has 100 valence electrons. The highest BCUT2D eigenvalue weighted by atomic mass is 32.1. The maximum absolute atomic E-state index is 5.78. The van der Waals surface area contributed by atoms with E-state index < -0.39 is 0 Å². The van der Waals surface area contributed by atoms with Gasteiger partial charge < -0.3 is 10.1 Å². The number of rotatable bonds is 4. The predicted molar refractivity (Wildman–Crippen MR) is 76.2 cm³/mol. The van der Waals surface area contributed by atoms with Gasteiger partial charge in [0, 0.05) is 17.5 Å². The van der Waals surface area contributed by atoms with E-state index in [4.69, 9.17) is 4.74 Å². The van der Waals surface area contributed by atoms with Crippen molar-refractivity contribution in [3.05, 3.63) is 21.9 Å². The molecule has 1 aliphatic carbocycles. The highest BCUT2D eigenvalue weighted by molar-refractivity contribution is 7.10. The fourth-order valence-corrected chi connectivity index (χ4v) is 4.14. The van der Waals surface area contributed by atoms with Crippen LogP contribution in [0.15, 0.2) is 11.4 Å². The summed E-state index contributed by atoms with van der Waals surface area (Å²) in [6, 6.07) is 2.91. The maximum Gasteiger partial charge on any atom is 0.0587 e. The molecule has 3 rings (SSSR count). The van der Waals surface area contributed by atoms with Crippen molar-refractivity contribution in [2.24, 2.45) is 0 Å². The van der Waals surface area contributed by atoms with Crippen molar-refractivity contribution in [1.82, 2.24) is 5.32 Å². The fraction of sp³-hybridized carbons (Fsp3) is 0.733. The summed E-state index contributed by atoms with van der Waals surface area (Å²) in [5, 5.41) is 5.98. The molecule has 18 heavy (non-hydrogen) atoms. The van der Waals surface area contributed by atoms with Crippen molar-refractivity contribution in [3.8, 4) is 0 Å². The summed E-state index contributed by atoms with van der Waals surface area (Å²) in [5.74, 6) is 0. The summed E-state index contributed by atoms with van der Waals surface area (Å²) in [7, 11) is 0. The first-order valence-electron chi connectivity index (χ1n) is 7.35. The highest BCUT2D eigenvalue weighted by Crippen LogP contribution is 2.33. The van der Waals surface area contributed by atoms with Gasteiger partial charge in [-0.1, -0.05) is 0 Å². The van der Waals surface area contributed by atoms with Gasteiger partial charge in [-0.3, -0.25) is 0 Å². The summed E-state index contributed by atoms with van der Waals surface area (Å²) >= 11 is 1.93. The minimum atomic E-state index is 0.511. The van der Waals surface area contributed by atoms with Gasteiger partial charge in [0.2, 0.25) is 0 Å². The normalized spacial score (nSPS) is 28.0. The first-order valence-corrected chi connectivity index (χ1v) is 8.23. The molecule has 3 heteroatoms. The SMILES string of the molecule is c1cc2c(s1)CCCC2NCCC1CCCCO1. The molecule has 0 saturated carbocycles. The average molecular weight is 265 g/mol. The van der Waals surface area contributed by atoms with Gasteiger partial charge >= 0.3 is 0 Å². The van der Waals surface area contributed by atoms with E-state index in [0.717, 1.165) is 13.2 Å². The van der Waals surface area contributed by atoms with Gasteiger partial charge in [-0.05, 0) is 68.5 Å².